The Morgan fingerprint density at radius 2 is 1.95 bits per heavy atom. The van der Waals surface area contributed by atoms with Gasteiger partial charge in [-0.1, -0.05) is 17.3 Å². The van der Waals surface area contributed by atoms with E-state index in [0.29, 0.717) is 30.1 Å². The molecule has 10 nitrogen and oxygen atoms in total. The van der Waals surface area contributed by atoms with Gasteiger partial charge in [-0.2, -0.15) is 0 Å². The minimum atomic E-state index is -0.357. The Morgan fingerprint density at radius 3 is 2.67 bits per heavy atom. The molecule has 6 rings (SSSR count). The molecular weight excluding hydrogens is 498 g/mol. The molecule has 3 aromatic heterocycles. The predicted molar refractivity (Wildman–Crippen MR) is 145 cm³/mol. The van der Waals surface area contributed by atoms with Gasteiger partial charge in [0, 0.05) is 36.5 Å². The van der Waals surface area contributed by atoms with Crippen molar-refractivity contribution in [1.82, 2.24) is 25.0 Å². The molecule has 200 valence electrons. The third-order valence-electron chi connectivity index (χ3n) is 7.18. The lowest BCUT2D eigenvalue weighted by atomic mass is 9.97. The number of nitrogens with one attached hydrogen (secondary N) is 2. The highest BCUT2D eigenvalue weighted by Crippen LogP contribution is 2.44. The first-order chi connectivity index (χ1) is 19.0. The Labute approximate surface area is 224 Å². The second kappa shape index (κ2) is 9.95. The first-order valence-corrected chi connectivity index (χ1v) is 12.7. The summed E-state index contributed by atoms with van der Waals surface area (Å²) >= 11 is 0. The first kappa shape index (κ1) is 24.7. The molecule has 1 aliphatic heterocycles. The number of methoxy groups -OCH3 is 2. The van der Waals surface area contributed by atoms with Gasteiger partial charge in [-0.25, -0.2) is 4.79 Å². The molecule has 4 heterocycles. The number of aromatic amines is 1. The molecule has 0 saturated heterocycles. The number of ether oxygens (including phenoxy) is 3. The second-order valence-corrected chi connectivity index (χ2v) is 9.50. The zero-order chi connectivity index (χ0) is 27.1. The van der Waals surface area contributed by atoms with E-state index < -0.39 is 0 Å². The van der Waals surface area contributed by atoms with Crippen molar-refractivity contribution >= 4 is 11.0 Å². The van der Waals surface area contributed by atoms with Crippen LogP contribution >= 0.6 is 0 Å². The SMILES string of the molecule is COc1ccc(CNCc2cc(-c3c(C)noc3C)c3c4c2[nH]c(=O)n4C(c2ccccn2)CO3)c(OC)c1. The van der Waals surface area contributed by atoms with E-state index in [1.165, 1.54) is 0 Å². The fraction of sp³-hybridized carbons (Fsp3) is 0.276. The van der Waals surface area contributed by atoms with Crippen LogP contribution in [0.2, 0.25) is 0 Å². The van der Waals surface area contributed by atoms with Crippen LogP contribution in [0.1, 0.15) is 34.3 Å². The largest absolute Gasteiger partial charge is 0.497 e. The Balaban J connectivity index is 1.45. The van der Waals surface area contributed by atoms with Crippen molar-refractivity contribution < 1.29 is 18.7 Å². The van der Waals surface area contributed by atoms with Crippen molar-refractivity contribution in [3.63, 3.8) is 0 Å². The number of hydrogen-bond acceptors (Lipinski definition) is 8. The lowest BCUT2D eigenvalue weighted by Crippen LogP contribution is -2.31. The molecule has 2 aromatic carbocycles. The third-order valence-corrected chi connectivity index (χ3v) is 7.18. The van der Waals surface area contributed by atoms with Crippen LogP contribution in [-0.4, -0.2) is 40.5 Å². The number of H-pyrrole nitrogens is 1. The Bertz CT molecular complexity index is 1700. The average molecular weight is 528 g/mol. The fourth-order valence-corrected chi connectivity index (χ4v) is 5.34. The van der Waals surface area contributed by atoms with Crippen molar-refractivity contribution in [3.8, 4) is 28.4 Å². The van der Waals surface area contributed by atoms with E-state index >= 15 is 0 Å². The summed E-state index contributed by atoms with van der Waals surface area (Å²) in [6.07, 6.45) is 1.73. The van der Waals surface area contributed by atoms with Crippen LogP contribution in [0.4, 0.5) is 0 Å². The van der Waals surface area contributed by atoms with Gasteiger partial charge in [0.2, 0.25) is 0 Å². The molecule has 0 amide bonds. The number of imidazole rings is 1. The van der Waals surface area contributed by atoms with Gasteiger partial charge in [0.05, 0.1) is 36.7 Å². The van der Waals surface area contributed by atoms with E-state index in [-0.39, 0.29) is 18.3 Å². The minimum Gasteiger partial charge on any atom is -0.497 e. The highest BCUT2D eigenvalue weighted by molar-refractivity contribution is 5.94. The van der Waals surface area contributed by atoms with Crippen molar-refractivity contribution in [1.29, 1.82) is 0 Å². The summed E-state index contributed by atoms with van der Waals surface area (Å²) in [7, 11) is 3.27. The molecule has 39 heavy (non-hydrogen) atoms. The van der Waals surface area contributed by atoms with Gasteiger partial charge in [-0.3, -0.25) is 9.55 Å². The Morgan fingerprint density at radius 1 is 1.10 bits per heavy atom. The molecule has 0 radical (unpaired) electrons. The molecule has 5 aromatic rings. The van der Waals surface area contributed by atoms with Crippen LogP contribution in [0.3, 0.4) is 0 Å². The van der Waals surface area contributed by atoms with E-state index in [1.54, 1.807) is 25.0 Å². The van der Waals surface area contributed by atoms with E-state index in [4.69, 9.17) is 18.7 Å². The standard InChI is InChI=1S/C29H29N5O5/c1-16-25(17(2)39-33-16)21-11-19(14-30-13-18-8-9-20(36-3)12-24(18)37-4)26-27-28(21)38-15-23(34(27)29(35)32-26)22-7-5-6-10-31-22/h5-12,23,30H,13-15H2,1-4H3,(H,32,35). The monoisotopic (exact) mass is 527 g/mol. The molecule has 1 unspecified atom stereocenters. The van der Waals surface area contributed by atoms with Gasteiger partial charge in [0.25, 0.3) is 0 Å². The van der Waals surface area contributed by atoms with Gasteiger partial charge in [0.15, 0.2) is 5.75 Å². The second-order valence-electron chi connectivity index (χ2n) is 9.50. The van der Waals surface area contributed by atoms with E-state index in [2.05, 4.69) is 20.4 Å². The zero-order valence-corrected chi connectivity index (χ0v) is 22.2. The van der Waals surface area contributed by atoms with Crippen molar-refractivity contribution in [2.45, 2.75) is 33.0 Å². The number of benzene rings is 2. The van der Waals surface area contributed by atoms with Crippen molar-refractivity contribution in [3.05, 3.63) is 87.4 Å². The zero-order valence-electron chi connectivity index (χ0n) is 22.2. The summed E-state index contributed by atoms with van der Waals surface area (Å²) in [5, 5.41) is 7.67. The number of hydrogen-bond donors (Lipinski definition) is 2. The Hall–Kier alpha value is -4.57. The molecule has 10 heteroatoms. The molecule has 0 fully saturated rings. The number of aromatic nitrogens is 4. The summed E-state index contributed by atoms with van der Waals surface area (Å²) < 4.78 is 24.5. The third kappa shape index (κ3) is 4.22. The van der Waals surface area contributed by atoms with Gasteiger partial charge >= 0.3 is 5.69 Å². The summed E-state index contributed by atoms with van der Waals surface area (Å²) in [6, 6.07) is 13.1. The number of rotatable bonds is 8. The topological polar surface area (TPSA) is 116 Å². The van der Waals surface area contributed by atoms with Crippen LogP contribution < -0.4 is 25.2 Å². The van der Waals surface area contributed by atoms with E-state index in [0.717, 1.165) is 50.7 Å². The van der Waals surface area contributed by atoms with Gasteiger partial charge in [0.1, 0.15) is 35.4 Å². The minimum absolute atomic E-state index is 0.209. The quantitative estimate of drug-likeness (QED) is 0.307. The maximum Gasteiger partial charge on any atom is 0.327 e. The lowest BCUT2D eigenvalue weighted by Gasteiger charge is -2.27. The average Bonchev–Trinajstić information content (AvgIpc) is 3.49. The summed E-state index contributed by atoms with van der Waals surface area (Å²) in [5.41, 5.74) is 6.34. The Kier molecular flexibility index (Phi) is 6.32. The first-order valence-electron chi connectivity index (χ1n) is 12.7. The number of pyridine rings is 1. The van der Waals surface area contributed by atoms with E-state index in [9.17, 15) is 4.79 Å². The molecule has 0 aliphatic carbocycles. The number of nitrogens with zero attached hydrogens (tertiary/aromatic N) is 3. The van der Waals surface area contributed by atoms with Crippen LogP contribution in [0.15, 0.2) is 58.0 Å². The molecule has 2 N–H and O–H groups in total. The van der Waals surface area contributed by atoms with Crippen LogP contribution in [0.25, 0.3) is 22.2 Å². The maximum absolute atomic E-state index is 13.4. The molecule has 0 spiro atoms. The maximum atomic E-state index is 13.4. The van der Waals surface area contributed by atoms with Crippen LogP contribution in [-0.2, 0) is 13.1 Å². The van der Waals surface area contributed by atoms with Gasteiger partial charge in [-0.05, 0) is 43.7 Å². The summed E-state index contributed by atoms with van der Waals surface area (Å²) in [6.45, 7) is 5.10. The summed E-state index contributed by atoms with van der Waals surface area (Å²) in [5.74, 6) is 2.78. The molecule has 0 bridgehead atoms. The highest BCUT2D eigenvalue weighted by Gasteiger charge is 2.32. The van der Waals surface area contributed by atoms with Gasteiger partial charge < -0.3 is 29.0 Å². The predicted octanol–water partition coefficient (Wildman–Crippen LogP) is 4.29. The summed E-state index contributed by atoms with van der Waals surface area (Å²) in [4.78, 5) is 21.0. The molecule has 1 atom stereocenters. The normalized spacial score (nSPS) is 14.4. The van der Waals surface area contributed by atoms with Crippen molar-refractivity contribution in [2.75, 3.05) is 20.8 Å². The van der Waals surface area contributed by atoms with Gasteiger partial charge in [-0.15, -0.1) is 0 Å². The van der Waals surface area contributed by atoms with Crippen LogP contribution in [0.5, 0.6) is 17.2 Å². The molecule has 0 saturated carbocycles. The fourth-order valence-electron chi connectivity index (χ4n) is 5.34. The lowest BCUT2D eigenvalue weighted by molar-refractivity contribution is 0.255. The smallest absolute Gasteiger partial charge is 0.327 e. The number of aryl methyl sites for hydroxylation is 2. The van der Waals surface area contributed by atoms with E-state index in [1.807, 2.05) is 56.3 Å². The van der Waals surface area contributed by atoms with Crippen molar-refractivity contribution in [2.24, 2.45) is 0 Å². The molecular formula is C29H29N5O5. The molecule has 1 aliphatic rings. The highest BCUT2D eigenvalue weighted by atomic mass is 16.5. The van der Waals surface area contributed by atoms with Crippen LogP contribution in [0, 0.1) is 13.8 Å².